The number of hydrogen-bond acceptors (Lipinski definition) is 6. The fourth-order valence-electron chi connectivity index (χ4n) is 3.53. The van der Waals surface area contributed by atoms with Crippen LogP contribution in [-0.2, 0) is 14.4 Å². The lowest BCUT2D eigenvalue weighted by molar-refractivity contribution is -0.185. The van der Waals surface area contributed by atoms with Crippen LogP contribution in [0.4, 0.5) is 9.18 Å². The Kier molecular flexibility index (Phi) is 6.03. The summed E-state index contributed by atoms with van der Waals surface area (Å²) < 4.78 is 20.1. The molecule has 3 heterocycles. The van der Waals surface area contributed by atoms with Gasteiger partial charge in [-0.2, -0.15) is 5.26 Å². The highest BCUT2D eigenvalue weighted by molar-refractivity contribution is 5.80. The fourth-order valence-corrected chi connectivity index (χ4v) is 3.53. The Balaban J connectivity index is 1.67. The maximum absolute atomic E-state index is 14.8. The third kappa shape index (κ3) is 4.82. The van der Waals surface area contributed by atoms with Crippen molar-refractivity contribution < 1.29 is 23.6 Å². The van der Waals surface area contributed by atoms with E-state index in [9.17, 15) is 14.0 Å². The van der Waals surface area contributed by atoms with Gasteiger partial charge in [0.1, 0.15) is 17.8 Å². The molecule has 0 spiro atoms. The van der Waals surface area contributed by atoms with E-state index in [-0.39, 0.29) is 19.5 Å². The maximum atomic E-state index is 14.8. The molecule has 2 aliphatic heterocycles. The van der Waals surface area contributed by atoms with Crippen LogP contribution in [0.25, 0.3) is 0 Å². The zero-order valence-electron chi connectivity index (χ0n) is 16.8. The molecule has 8 nitrogen and oxygen atoms in total. The maximum Gasteiger partial charge on any atom is 0.410 e. The lowest BCUT2D eigenvalue weighted by Gasteiger charge is -2.36. The van der Waals surface area contributed by atoms with Crippen LogP contribution in [0.15, 0.2) is 18.5 Å². The molecular weight excluding hydrogens is 379 g/mol. The van der Waals surface area contributed by atoms with Gasteiger partial charge in [0.15, 0.2) is 0 Å². The van der Waals surface area contributed by atoms with Crippen LogP contribution in [0.3, 0.4) is 0 Å². The van der Waals surface area contributed by atoms with Crippen molar-refractivity contribution in [2.45, 2.75) is 51.4 Å². The van der Waals surface area contributed by atoms with Gasteiger partial charge in [-0.15, -0.1) is 0 Å². The zero-order chi connectivity index (χ0) is 21.2. The standard InChI is InChI=1S/C20H25FN4O4/c1-20(2,3)29-19(27)24-6-4-15(16(21)12-24)18(26)25-17(5-7-28-25)14-8-13(9-22)10-23-11-14/h8,10-11,15-17H,4-7,12H2,1-3H3/t15-,16-,17-/m0/s1. The van der Waals surface area contributed by atoms with Crippen LogP contribution in [0.5, 0.6) is 0 Å². The molecule has 3 rings (SSSR count). The van der Waals surface area contributed by atoms with Gasteiger partial charge in [0.25, 0.3) is 5.91 Å². The molecule has 3 atom stereocenters. The number of likely N-dealkylation sites (tertiary alicyclic amines) is 1. The summed E-state index contributed by atoms with van der Waals surface area (Å²) in [7, 11) is 0. The Morgan fingerprint density at radius 2 is 2.10 bits per heavy atom. The molecule has 0 unspecified atom stereocenters. The van der Waals surface area contributed by atoms with Gasteiger partial charge in [-0.1, -0.05) is 0 Å². The number of nitriles is 1. The first-order valence-electron chi connectivity index (χ1n) is 9.62. The van der Waals surface area contributed by atoms with Crippen molar-refractivity contribution in [2.75, 3.05) is 19.7 Å². The van der Waals surface area contributed by atoms with Crippen LogP contribution in [-0.4, -0.2) is 58.4 Å². The van der Waals surface area contributed by atoms with Crippen molar-refractivity contribution in [2.24, 2.45) is 5.92 Å². The molecule has 29 heavy (non-hydrogen) atoms. The molecule has 0 aliphatic carbocycles. The summed E-state index contributed by atoms with van der Waals surface area (Å²) in [6, 6.07) is 3.26. The first kappa shape index (κ1) is 21.0. The zero-order valence-corrected chi connectivity index (χ0v) is 16.8. The molecule has 0 radical (unpaired) electrons. The molecule has 2 fully saturated rings. The van der Waals surface area contributed by atoms with E-state index in [0.717, 1.165) is 0 Å². The summed E-state index contributed by atoms with van der Waals surface area (Å²) >= 11 is 0. The van der Waals surface area contributed by atoms with Gasteiger partial charge >= 0.3 is 6.09 Å². The van der Waals surface area contributed by atoms with Gasteiger partial charge in [-0.05, 0) is 38.8 Å². The number of ether oxygens (including phenoxy) is 1. The molecule has 2 amide bonds. The quantitative estimate of drug-likeness (QED) is 0.752. The largest absolute Gasteiger partial charge is 0.444 e. The van der Waals surface area contributed by atoms with Gasteiger partial charge in [0, 0.05) is 25.4 Å². The molecule has 9 heteroatoms. The summed E-state index contributed by atoms with van der Waals surface area (Å²) in [4.78, 5) is 36.0. The van der Waals surface area contributed by atoms with Crippen LogP contribution in [0.2, 0.25) is 0 Å². The van der Waals surface area contributed by atoms with Crippen molar-refractivity contribution in [1.82, 2.24) is 14.9 Å². The number of rotatable bonds is 2. The minimum atomic E-state index is -1.52. The van der Waals surface area contributed by atoms with Crippen molar-refractivity contribution >= 4 is 12.0 Å². The fraction of sp³-hybridized carbons (Fsp3) is 0.600. The van der Waals surface area contributed by atoms with E-state index in [1.54, 1.807) is 33.0 Å². The molecule has 156 valence electrons. The highest BCUT2D eigenvalue weighted by Crippen LogP contribution is 2.34. The molecular formula is C20H25FN4O4. The Morgan fingerprint density at radius 3 is 2.76 bits per heavy atom. The molecule has 2 aliphatic rings. The summed E-state index contributed by atoms with van der Waals surface area (Å²) in [5, 5.41) is 10.3. The molecule has 1 aromatic rings. The first-order chi connectivity index (χ1) is 13.7. The monoisotopic (exact) mass is 404 g/mol. The number of nitrogens with zero attached hydrogens (tertiary/aromatic N) is 4. The van der Waals surface area contributed by atoms with Crippen molar-refractivity contribution in [3.05, 3.63) is 29.6 Å². The first-order valence-corrected chi connectivity index (χ1v) is 9.62. The van der Waals surface area contributed by atoms with Crippen molar-refractivity contribution in [3.63, 3.8) is 0 Å². The number of pyridine rings is 1. The summed E-state index contributed by atoms with van der Waals surface area (Å²) in [5.74, 6) is -1.35. The number of carbonyl (C=O) groups is 2. The predicted molar refractivity (Wildman–Crippen MR) is 99.9 cm³/mol. The normalized spacial score (nSPS) is 24.9. The molecule has 0 saturated carbocycles. The average Bonchev–Trinajstić information content (AvgIpc) is 3.16. The second-order valence-corrected chi connectivity index (χ2v) is 8.26. The molecule has 0 aromatic carbocycles. The van der Waals surface area contributed by atoms with Gasteiger partial charge in [-0.3, -0.25) is 14.6 Å². The third-order valence-electron chi connectivity index (χ3n) is 4.91. The SMILES string of the molecule is CC(C)(C)OC(=O)N1CC[C@H](C(=O)N2OCC[C@H]2c2cncc(C#N)c2)[C@@H](F)C1. The minimum absolute atomic E-state index is 0.183. The Bertz CT molecular complexity index is 819. The number of carbonyl (C=O) groups excluding carboxylic acids is 2. The van der Waals surface area contributed by atoms with Gasteiger partial charge in [-0.25, -0.2) is 14.2 Å². The minimum Gasteiger partial charge on any atom is -0.444 e. The number of hydroxylamine groups is 2. The Hall–Kier alpha value is -2.73. The number of aromatic nitrogens is 1. The third-order valence-corrected chi connectivity index (χ3v) is 4.91. The Labute approximate surface area is 169 Å². The highest BCUT2D eigenvalue weighted by Gasteiger charge is 2.43. The number of alkyl halides is 1. The smallest absolute Gasteiger partial charge is 0.410 e. The topological polar surface area (TPSA) is 95.8 Å². The second kappa shape index (κ2) is 8.33. The predicted octanol–water partition coefficient (Wildman–Crippen LogP) is 2.75. The van der Waals surface area contributed by atoms with Crippen LogP contribution >= 0.6 is 0 Å². The van der Waals surface area contributed by atoms with Crippen molar-refractivity contribution in [3.8, 4) is 6.07 Å². The Morgan fingerprint density at radius 1 is 1.34 bits per heavy atom. The van der Waals surface area contributed by atoms with E-state index in [2.05, 4.69) is 4.98 Å². The lowest BCUT2D eigenvalue weighted by atomic mass is 9.93. The van der Waals surface area contributed by atoms with E-state index >= 15 is 0 Å². The van der Waals surface area contributed by atoms with Crippen LogP contribution in [0.1, 0.15) is 50.8 Å². The van der Waals surface area contributed by atoms with E-state index in [1.807, 2.05) is 6.07 Å². The van der Waals surface area contributed by atoms with Crippen LogP contribution in [0, 0.1) is 17.2 Å². The number of halogens is 1. The molecule has 0 N–H and O–H groups in total. The van der Waals surface area contributed by atoms with E-state index in [0.29, 0.717) is 24.2 Å². The van der Waals surface area contributed by atoms with Gasteiger partial charge in [0.2, 0.25) is 0 Å². The number of amides is 2. The summed E-state index contributed by atoms with van der Waals surface area (Å²) in [6.07, 6.45) is 1.64. The van der Waals surface area contributed by atoms with E-state index in [1.165, 1.54) is 16.2 Å². The summed E-state index contributed by atoms with van der Waals surface area (Å²) in [5.41, 5.74) is 0.394. The van der Waals surface area contributed by atoms with E-state index < -0.39 is 35.7 Å². The number of hydrogen-bond donors (Lipinski definition) is 0. The second-order valence-electron chi connectivity index (χ2n) is 8.26. The highest BCUT2D eigenvalue weighted by atomic mass is 19.1. The van der Waals surface area contributed by atoms with Crippen molar-refractivity contribution in [1.29, 1.82) is 5.26 Å². The average molecular weight is 404 g/mol. The molecule has 2 saturated heterocycles. The van der Waals surface area contributed by atoms with E-state index in [4.69, 9.17) is 14.8 Å². The summed E-state index contributed by atoms with van der Waals surface area (Å²) in [6.45, 7) is 5.59. The van der Waals surface area contributed by atoms with Crippen LogP contribution < -0.4 is 0 Å². The number of piperidine rings is 1. The van der Waals surface area contributed by atoms with Gasteiger partial charge in [0.05, 0.1) is 30.7 Å². The molecule has 1 aromatic heterocycles. The molecule has 0 bridgehead atoms. The lowest BCUT2D eigenvalue weighted by Crippen LogP contribution is -2.51. The van der Waals surface area contributed by atoms with Gasteiger partial charge < -0.3 is 9.64 Å².